The molecule has 0 saturated carbocycles. The number of aromatic nitrogens is 3. The van der Waals surface area contributed by atoms with Crippen LogP contribution in [0.3, 0.4) is 0 Å². The quantitative estimate of drug-likeness (QED) is 0.353. The third-order valence-corrected chi connectivity index (χ3v) is 6.97. The van der Waals surface area contributed by atoms with Gasteiger partial charge in [-0.3, -0.25) is 9.36 Å². The highest BCUT2D eigenvalue weighted by atomic mass is 32.2. The molecule has 1 atom stereocenters. The Morgan fingerprint density at radius 1 is 1.09 bits per heavy atom. The molecule has 0 aliphatic rings. The van der Waals surface area contributed by atoms with Gasteiger partial charge in [-0.2, -0.15) is 0 Å². The Morgan fingerprint density at radius 2 is 1.85 bits per heavy atom. The molecule has 0 spiro atoms. The summed E-state index contributed by atoms with van der Waals surface area (Å²) in [5, 5.41) is 14.3. The number of carbonyl (C=O) groups excluding carboxylic acids is 1. The van der Waals surface area contributed by atoms with Gasteiger partial charge < -0.3 is 10.2 Å². The summed E-state index contributed by atoms with van der Waals surface area (Å²) in [6, 6.07) is 20.0. The molecule has 9 heteroatoms. The van der Waals surface area contributed by atoms with Crippen molar-refractivity contribution in [3.8, 4) is 17.1 Å². The fourth-order valence-corrected chi connectivity index (χ4v) is 5.07. The average molecular weight is 482 g/mol. The van der Waals surface area contributed by atoms with Crippen LogP contribution in [0.2, 0.25) is 0 Å². The Balaban J connectivity index is 1.49. The van der Waals surface area contributed by atoms with E-state index in [4.69, 9.17) is 0 Å². The van der Waals surface area contributed by atoms with E-state index in [9.17, 15) is 9.18 Å². The summed E-state index contributed by atoms with van der Waals surface area (Å²) in [5.74, 6) is 0.414. The van der Waals surface area contributed by atoms with E-state index in [0.717, 1.165) is 11.3 Å². The number of carbonyl (C=O) groups is 1. The molecule has 2 heterocycles. The van der Waals surface area contributed by atoms with Crippen molar-refractivity contribution in [2.75, 3.05) is 26.4 Å². The summed E-state index contributed by atoms with van der Waals surface area (Å²) in [5.41, 5.74) is 1.61. The van der Waals surface area contributed by atoms with Gasteiger partial charge in [0.1, 0.15) is 5.82 Å². The van der Waals surface area contributed by atoms with E-state index in [1.807, 2.05) is 60.4 Å². The molecule has 6 nitrogen and oxygen atoms in total. The van der Waals surface area contributed by atoms with Crippen LogP contribution in [0, 0.1) is 5.82 Å². The Bertz CT molecular complexity index is 1180. The first kappa shape index (κ1) is 23.2. The van der Waals surface area contributed by atoms with Crippen molar-refractivity contribution >= 4 is 29.0 Å². The van der Waals surface area contributed by atoms with E-state index in [1.54, 1.807) is 23.5 Å². The number of para-hydroxylation sites is 1. The number of likely N-dealkylation sites (N-methyl/N-ethyl adjacent to an activating group) is 1. The van der Waals surface area contributed by atoms with Gasteiger partial charge in [0.05, 0.1) is 11.8 Å². The lowest BCUT2D eigenvalue weighted by Crippen LogP contribution is -2.35. The minimum atomic E-state index is -0.311. The molecule has 0 aliphatic heterocycles. The van der Waals surface area contributed by atoms with Gasteiger partial charge in [-0.25, -0.2) is 4.39 Å². The molecule has 4 rings (SSSR count). The molecule has 1 N–H and O–H groups in total. The number of nitrogens with one attached hydrogen (secondary N) is 1. The Kier molecular flexibility index (Phi) is 7.54. The summed E-state index contributed by atoms with van der Waals surface area (Å²) in [7, 11) is 4.01. The van der Waals surface area contributed by atoms with Crippen LogP contribution >= 0.6 is 23.1 Å². The maximum absolute atomic E-state index is 13.4. The second-order valence-corrected chi connectivity index (χ2v) is 9.49. The fourth-order valence-electron chi connectivity index (χ4n) is 3.37. The number of halogens is 1. The molecule has 0 fully saturated rings. The Labute approximate surface area is 200 Å². The maximum atomic E-state index is 13.4. The van der Waals surface area contributed by atoms with Gasteiger partial charge in [0.15, 0.2) is 11.0 Å². The first-order valence-electron chi connectivity index (χ1n) is 10.4. The van der Waals surface area contributed by atoms with Gasteiger partial charge >= 0.3 is 0 Å². The summed E-state index contributed by atoms with van der Waals surface area (Å²) in [6.07, 6.45) is 0. The van der Waals surface area contributed by atoms with E-state index < -0.39 is 0 Å². The van der Waals surface area contributed by atoms with Crippen molar-refractivity contribution in [3.63, 3.8) is 0 Å². The van der Waals surface area contributed by atoms with E-state index in [1.165, 1.54) is 28.8 Å². The normalized spacial score (nSPS) is 12.1. The number of amides is 1. The minimum absolute atomic E-state index is 0.0747. The third kappa shape index (κ3) is 5.68. The summed E-state index contributed by atoms with van der Waals surface area (Å²) < 4.78 is 15.3. The van der Waals surface area contributed by atoms with Gasteiger partial charge in [-0.05, 0) is 61.9 Å². The van der Waals surface area contributed by atoms with Gasteiger partial charge in [0.25, 0.3) is 0 Å². The van der Waals surface area contributed by atoms with Gasteiger partial charge in [-0.1, -0.05) is 36.0 Å². The number of thioether (sulfide) groups is 1. The zero-order valence-electron chi connectivity index (χ0n) is 18.3. The summed E-state index contributed by atoms with van der Waals surface area (Å²) in [4.78, 5) is 15.9. The molecule has 4 aromatic rings. The largest absolute Gasteiger partial charge is 0.353 e. The van der Waals surface area contributed by atoms with Crippen LogP contribution in [0.5, 0.6) is 0 Å². The van der Waals surface area contributed by atoms with E-state index in [2.05, 4.69) is 26.5 Å². The van der Waals surface area contributed by atoms with Crippen LogP contribution in [0.4, 0.5) is 4.39 Å². The topological polar surface area (TPSA) is 63.1 Å². The van der Waals surface area contributed by atoms with Crippen molar-refractivity contribution in [3.05, 3.63) is 82.8 Å². The van der Waals surface area contributed by atoms with Gasteiger partial charge in [0, 0.05) is 22.7 Å². The van der Waals surface area contributed by atoms with E-state index in [-0.39, 0.29) is 23.5 Å². The predicted molar refractivity (Wildman–Crippen MR) is 131 cm³/mol. The van der Waals surface area contributed by atoms with Crippen LogP contribution in [0.15, 0.2) is 77.3 Å². The molecule has 1 unspecified atom stereocenters. The Morgan fingerprint density at radius 3 is 2.52 bits per heavy atom. The molecule has 0 radical (unpaired) electrons. The SMILES string of the molecule is CN(C)C(CNC(=O)CSc1nnc(-c2ccc(F)cc2)n1-c1ccccc1)c1cccs1. The van der Waals surface area contributed by atoms with Crippen LogP contribution in [-0.4, -0.2) is 52.0 Å². The van der Waals surface area contributed by atoms with Crippen LogP contribution < -0.4 is 5.32 Å². The highest BCUT2D eigenvalue weighted by Gasteiger charge is 2.19. The number of rotatable bonds is 9. The third-order valence-electron chi connectivity index (χ3n) is 5.07. The lowest BCUT2D eigenvalue weighted by molar-refractivity contribution is -0.118. The zero-order valence-corrected chi connectivity index (χ0v) is 19.9. The smallest absolute Gasteiger partial charge is 0.230 e. The van der Waals surface area contributed by atoms with Crippen molar-refractivity contribution in [2.45, 2.75) is 11.2 Å². The molecule has 33 heavy (non-hydrogen) atoms. The monoisotopic (exact) mass is 481 g/mol. The molecule has 2 aromatic carbocycles. The molecule has 0 bridgehead atoms. The first-order valence-corrected chi connectivity index (χ1v) is 12.3. The standard InChI is InChI=1S/C24H24FN5OS2/c1-29(2)20(21-9-6-14-32-21)15-26-22(31)16-33-24-28-27-23(17-10-12-18(25)13-11-17)30(24)19-7-4-3-5-8-19/h3-14,20H,15-16H2,1-2H3,(H,26,31). The molecule has 170 valence electrons. The molecular formula is C24H24FN5OS2. The van der Waals surface area contributed by atoms with Crippen molar-refractivity contribution in [2.24, 2.45) is 0 Å². The highest BCUT2D eigenvalue weighted by molar-refractivity contribution is 7.99. The molecule has 1 amide bonds. The molecule has 0 saturated heterocycles. The number of nitrogens with zero attached hydrogens (tertiary/aromatic N) is 4. The van der Waals surface area contributed by atoms with Crippen LogP contribution in [-0.2, 0) is 4.79 Å². The van der Waals surface area contributed by atoms with E-state index >= 15 is 0 Å². The molecular weight excluding hydrogens is 457 g/mol. The maximum Gasteiger partial charge on any atom is 0.230 e. The number of thiophene rings is 1. The predicted octanol–water partition coefficient (Wildman–Crippen LogP) is 4.65. The van der Waals surface area contributed by atoms with E-state index in [0.29, 0.717) is 17.5 Å². The molecule has 0 aliphatic carbocycles. The second kappa shape index (κ2) is 10.7. The summed E-state index contributed by atoms with van der Waals surface area (Å²) >= 11 is 3.00. The number of hydrogen-bond donors (Lipinski definition) is 1. The zero-order chi connectivity index (χ0) is 23.2. The second-order valence-electron chi connectivity index (χ2n) is 7.57. The fraction of sp³-hybridized carbons (Fsp3) is 0.208. The highest BCUT2D eigenvalue weighted by Crippen LogP contribution is 2.28. The lowest BCUT2D eigenvalue weighted by Gasteiger charge is -2.23. The van der Waals surface area contributed by atoms with Gasteiger partial charge in [-0.15, -0.1) is 21.5 Å². The van der Waals surface area contributed by atoms with Gasteiger partial charge in [0.2, 0.25) is 5.91 Å². The number of hydrogen-bond acceptors (Lipinski definition) is 6. The van der Waals surface area contributed by atoms with Crippen LogP contribution in [0.25, 0.3) is 17.1 Å². The minimum Gasteiger partial charge on any atom is -0.353 e. The number of benzene rings is 2. The van der Waals surface area contributed by atoms with Crippen molar-refractivity contribution < 1.29 is 9.18 Å². The van der Waals surface area contributed by atoms with Crippen molar-refractivity contribution in [1.82, 2.24) is 25.0 Å². The van der Waals surface area contributed by atoms with Crippen LogP contribution in [0.1, 0.15) is 10.9 Å². The summed E-state index contributed by atoms with van der Waals surface area (Å²) in [6.45, 7) is 0.527. The van der Waals surface area contributed by atoms with Crippen molar-refractivity contribution in [1.29, 1.82) is 0 Å². The molecule has 2 aromatic heterocycles. The first-order chi connectivity index (χ1) is 16.0. The lowest BCUT2D eigenvalue weighted by atomic mass is 10.2. The average Bonchev–Trinajstić information content (AvgIpc) is 3.49. The Hall–Kier alpha value is -3.01.